The molecule has 3 aliphatic rings. The van der Waals surface area contributed by atoms with Crippen molar-refractivity contribution in [2.24, 2.45) is 11.8 Å². The summed E-state index contributed by atoms with van der Waals surface area (Å²) in [6, 6.07) is 5.62. The number of thioether (sulfide) groups is 1. The Morgan fingerprint density at radius 1 is 1.16 bits per heavy atom. The molecule has 0 aliphatic carbocycles. The van der Waals surface area contributed by atoms with E-state index in [4.69, 9.17) is 19.4 Å². The van der Waals surface area contributed by atoms with Crippen LogP contribution in [0.2, 0.25) is 0 Å². The largest absolute Gasteiger partial charge is 0.496 e. The minimum Gasteiger partial charge on any atom is -0.496 e. The molecule has 210 valence electrons. The number of alkyl halides is 3. The highest BCUT2D eigenvalue weighted by Gasteiger charge is 2.72. The Kier molecular flexibility index (Phi) is 9.02. The molecular formula is C25H31F3N2O7S. The predicted molar refractivity (Wildman–Crippen MR) is 131 cm³/mol. The van der Waals surface area contributed by atoms with Gasteiger partial charge in [-0.15, -0.1) is 11.8 Å². The number of nitrogens with zero attached hydrogens (tertiary/aromatic N) is 2. The first-order chi connectivity index (χ1) is 17.9. The lowest BCUT2D eigenvalue weighted by molar-refractivity contribution is -0.192. The summed E-state index contributed by atoms with van der Waals surface area (Å²) in [6.07, 6.45) is -2.82. The number of rotatable bonds is 6. The fourth-order valence-corrected chi connectivity index (χ4v) is 6.63. The number of halogens is 3. The lowest BCUT2D eigenvalue weighted by atomic mass is 9.75. The van der Waals surface area contributed by atoms with Crippen LogP contribution in [0.1, 0.15) is 44.7 Å². The Morgan fingerprint density at radius 2 is 1.82 bits per heavy atom. The quantitative estimate of drug-likeness (QED) is 0.317. The van der Waals surface area contributed by atoms with E-state index in [1.165, 1.54) is 12.0 Å². The van der Waals surface area contributed by atoms with E-state index in [0.29, 0.717) is 19.5 Å². The van der Waals surface area contributed by atoms with Gasteiger partial charge in [0, 0.05) is 17.5 Å². The number of amides is 2. The molecule has 38 heavy (non-hydrogen) atoms. The maximum atomic E-state index is 13.4. The number of fused-ring (bicyclic) bond motifs is 3. The van der Waals surface area contributed by atoms with Crippen LogP contribution in [0.5, 0.6) is 5.75 Å². The molecule has 9 nitrogen and oxygen atoms in total. The number of aliphatic carboxylic acids is 1. The first-order valence-electron chi connectivity index (χ1n) is 12.2. The summed E-state index contributed by atoms with van der Waals surface area (Å²) in [5.41, 5.74) is -0.192. The number of ether oxygens (including phenoxy) is 2. The Bertz CT molecular complexity index is 1100. The van der Waals surface area contributed by atoms with E-state index >= 15 is 0 Å². The van der Waals surface area contributed by atoms with Crippen LogP contribution < -0.4 is 4.74 Å². The van der Waals surface area contributed by atoms with Crippen LogP contribution in [-0.4, -0.2) is 83.4 Å². The van der Waals surface area contributed by atoms with Crippen molar-refractivity contribution < 1.29 is 46.9 Å². The molecule has 0 saturated carbocycles. The SMILES string of the molecule is CCSc1ccc([C@@H]2[C@H]3C(=O)N(CC)C(=O)[C@H]3[C@]3(C(=O)OC)CCCCN23)cc1OC.O=C(O)C(F)(F)F. The number of esters is 1. The van der Waals surface area contributed by atoms with Crippen LogP contribution in [0.4, 0.5) is 13.2 Å². The van der Waals surface area contributed by atoms with Crippen molar-refractivity contribution in [3.05, 3.63) is 23.8 Å². The molecule has 0 aromatic heterocycles. The molecule has 4 atom stereocenters. The van der Waals surface area contributed by atoms with Gasteiger partial charge in [-0.3, -0.25) is 24.2 Å². The number of hydrogen-bond acceptors (Lipinski definition) is 8. The fourth-order valence-electron chi connectivity index (χ4n) is 5.87. The van der Waals surface area contributed by atoms with E-state index in [9.17, 15) is 27.6 Å². The van der Waals surface area contributed by atoms with Crippen molar-refractivity contribution in [1.82, 2.24) is 9.80 Å². The molecule has 0 radical (unpaired) electrons. The summed E-state index contributed by atoms with van der Waals surface area (Å²) < 4.78 is 42.6. The molecule has 1 aromatic rings. The smallest absolute Gasteiger partial charge is 0.490 e. The maximum absolute atomic E-state index is 13.4. The Morgan fingerprint density at radius 3 is 2.34 bits per heavy atom. The molecule has 3 heterocycles. The van der Waals surface area contributed by atoms with E-state index in [-0.39, 0.29) is 17.9 Å². The number of hydrogen-bond donors (Lipinski definition) is 1. The molecule has 4 rings (SSSR count). The van der Waals surface area contributed by atoms with Gasteiger partial charge in [0.05, 0.1) is 26.1 Å². The van der Waals surface area contributed by atoms with Crippen LogP contribution >= 0.6 is 11.8 Å². The molecule has 0 bridgehead atoms. The molecule has 1 N–H and O–H groups in total. The molecule has 1 aromatic carbocycles. The van der Waals surface area contributed by atoms with Gasteiger partial charge >= 0.3 is 18.1 Å². The summed E-state index contributed by atoms with van der Waals surface area (Å²) in [6.45, 7) is 4.84. The van der Waals surface area contributed by atoms with Gasteiger partial charge in [0.15, 0.2) is 0 Å². The molecule has 3 fully saturated rings. The van der Waals surface area contributed by atoms with Crippen molar-refractivity contribution >= 4 is 35.5 Å². The van der Waals surface area contributed by atoms with Crippen molar-refractivity contribution in [2.75, 3.05) is 33.1 Å². The number of likely N-dealkylation sites (tertiary alicyclic amines) is 1. The van der Waals surface area contributed by atoms with Gasteiger partial charge in [0.1, 0.15) is 11.3 Å². The van der Waals surface area contributed by atoms with Gasteiger partial charge in [-0.05, 0) is 56.2 Å². The number of benzene rings is 1. The summed E-state index contributed by atoms with van der Waals surface area (Å²) >= 11 is 1.69. The van der Waals surface area contributed by atoms with E-state index in [1.54, 1.807) is 25.8 Å². The number of methoxy groups -OCH3 is 2. The summed E-state index contributed by atoms with van der Waals surface area (Å²) in [5.74, 6) is -3.25. The van der Waals surface area contributed by atoms with Crippen molar-refractivity contribution in [2.45, 2.75) is 55.8 Å². The van der Waals surface area contributed by atoms with E-state index in [0.717, 1.165) is 34.8 Å². The van der Waals surface area contributed by atoms with Crippen molar-refractivity contribution in [1.29, 1.82) is 0 Å². The third kappa shape index (κ3) is 4.97. The molecule has 2 amide bonds. The predicted octanol–water partition coefficient (Wildman–Crippen LogP) is 3.51. The van der Waals surface area contributed by atoms with Crippen molar-refractivity contribution in [3.63, 3.8) is 0 Å². The van der Waals surface area contributed by atoms with E-state index in [1.807, 2.05) is 18.2 Å². The van der Waals surface area contributed by atoms with Crippen LogP contribution in [0.25, 0.3) is 0 Å². The number of imide groups is 1. The highest BCUT2D eigenvalue weighted by Crippen LogP contribution is 2.58. The van der Waals surface area contributed by atoms with Gasteiger partial charge in [-0.25, -0.2) is 4.79 Å². The number of piperidine rings is 1. The zero-order valence-electron chi connectivity index (χ0n) is 21.5. The first-order valence-corrected chi connectivity index (χ1v) is 13.2. The zero-order valence-corrected chi connectivity index (χ0v) is 22.4. The summed E-state index contributed by atoms with van der Waals surface area (Å²) in [5, 5.41) is 7.12. The molecule has 3 saturated heterocycles. The van der Waals surface area contributed by atoms with Crippen LogP contribution in [0.15, 0.2) is 23.1 Å². The third-order valence-electron chi connectivity index (χ3n) is 7.28. The number of carboxylic acids is 1. The average Bonchev–Trinajstić information content (AvgIpc) is 3.33. The second-order valence-corrected chi connectivity index (χ2v) is 10.4. The minimum absolute atomic E-state index is 0.189. The monoisotopic (exact) mass is 560 g/mol. The van der Waals surface area contributed by atoms with Gasteiger partial charge in [0.2, 0.25) is 11.8 Å². The topological polar surface area (TPSA) is 113 Å². The van der Waals surface area contributed by atoms with Crippen molar-refractivity contribution in [3.8, 4) is 5.75 Å². The van der Waals surface area contributed by atoms with E-state index < -0.39 is 35.5 Å². The Balaban J connectivity index is 0.000000505. The molecular weight excluding hydrogens is 529 g/mol. The Labute approximate surface area is 222 Å². The molecule has 13 heteroatoms. The Hall–Kier alpha value is -2.80. The lowest BCUT2D eigenvalue weighted by Gasteiger charge is -2.44. The standard InChI is InChI=1S/C23H30N2O5S.C2HF3O2/c1-5-24-20(26)17-18(21(24)27)23(22(28)30-4)11-7-8-12-25(23)19(17)14-9-10-16(31-6-2)15(13-14)29-3;3-2(4,5)1(6)7/h9-10,13,17-19H,5-8,11-12H2,1-4H3;(H,6,7)/t17-,18-,19+,23-;/m0./s1. The number of carboxylic acid groups (broad SMARTS) is 1. The van der Waals surface area contributed by atoms with Gasteiger partial charge < -0.3 is 14.6 Å². The third-order valence-corrected chi connectivity index (χ3v) is 8.22. The van der Waals surface area contributed by atoms with Crippen LogP contribution in [0, 0.1) is 11.8 Å². The highest BCUT2D eigenvalue weighted by atomic mass is 32.2. The maximum Gasteiger partial charge on any atom is 0.490 e. The average molecular weight is 561 g/mol. The van der Waals surface area contributed by atoms with Gasteiger partial charge in [0.25, 0.3) is 0 Å². The lowest BCUT2D eigenvalue weighted by Crippen LogP contribution is -2.59. The summed E-state index contributed by atoms with van der Waals surface area (Å²) in [7, 11) is 3.00. The summed E-state index contributed by atoms with van der Waals surface area (Å²) in [4.78, 5) is 53.4. The number of carbonyl (C=O) groups excluding carboxylic acids is 3. The molecule has 0 spiro atoms. The molecule has 0 unspecified atom stereocenters. The van der Waals surface area contributed by atoms with Crippen LogP contribution in [0.3, 0.4) is 0 Å². The normalized spacial score (nSPS) is 26.8. The molecule has 3 aliphatic heterocycles. The first kappa shape index (κ1) is 29.8. The van der Waals surface area contributed by atoms with E-state index in [2.05, 4.69) is 11.8 Å². The minimum atomic E-state index is -5.08. The van der Waals surface area contributed by atoms with Gasteiger partial charge in [-0.2, -0.15) is 13.2 Å². The second kappa shape index (κ2) is 11.5. The zero-order chi connectivity index (χ0) is 28.4. The highest BCUT2D eigenvalue weighted by molar-refractivity contribution is 7.99. The second-order valence-electron chi connectivity index (χ2n) is 9.08. The van der Waals surface area contributed by atoms with Gasteiger partial charge in [-0.1, -0.05) is 13.0 Å². The fraction of sp³-hybridized carbons (Fsp3) is 0.600. The van der Waals surface area contributed by atoms with Crippen LogP contribution in [-0.2, 0) is 23.9 Å². The number of carbonyl (C=O) groups is 4.